The Hall–Kier alpha value is -1.65. The fourth-order valence-electron chi connectivity index (χ4n) is 4.39. The molecule has 10 heteroatoms. The number of hydrogen-bond donors (Lipinski definition) is 2. The van der Waals surface area contributed by atoms with E-state index >= 15 is 0 Å². The van der Waals surface area contributed by atoms with Crippen molar-refractivity contribution in [3.05, 3.63) is 29.8 Å². The summed E-state index contributed by atoms with van der Waals surface area (Å²) in [6.45, 7) is 2.37. The van der Waals surface area contributed by atoms with Crippen molar-refractivity contribution >= 4 is 15.9 Å². The molecule has 2 fully saturated rings. The van der Waals surface area contributed by atoms with E-state index in [1.54, 1.807) is 0 Å². The van der Waals surface area contributed by atoms with E-state index in [2.05, 4.69) is 4.72 Å². The highest BCUT2D eigenvalue weighted by Gasteiger charge is 2.36. The molecule has 1 heterocycles. The second-order valence-corrected chi connectivity index (χ2v) is 10.0. The smallest absolute Gasteiger partial charge is 0.243 e. The normalized spacial score (nSPS) is 27.1. The van der Waals surface area contributed by atoms with E-state index in [1.807, 2.05) is 6.92 Å². The Morgan fingerprint density at radius 3 is 2.43 bits per heavy atom. The van der Waals surface area contributed by atoms with Crippen LogP contribution in [-0.2, 0) is 14.8 Å². The summed E-state index contributed by atoms with van der Waals surface area (Å²) in [7, 11) is -4.10. The van der Waals surface area contributed by atoms with Crippen LogP contribution < -0.4 is 10.5 Å². The third kappa shape index (κ3) is 5.15. The number of carbonyl (C=O) groups is 1. The molecule has 0 unspecified atom stereocenters. The standard InChI is InChI=1S/C20H28F3N3O3S/c1-12(19(24)20(27)26-9-8-15(22)11-26)13-2-5-16(6-3-13)25-30(28,29)18-7-4-14(21)10-17(18)23/h4,7,10,12-13,15-16,19,25H,2-3,5-6,8-9,11,24H2,1H3/t12-,13?,15-,16?,19-/m0/s1. The lowest BCUT2D eigenvalue weighted by Crippen LogP contribution is -2.49. The first-order valence-electron chi connectivity index (χ1n) is 10.2. The molecule has 0 radical (unpaired) electrons. The van der Waals surface area contributed by atoms with E-state index in [0.717, 1.165) is 12.1 Å². The first kappa shape index (κ1) is 23.0. The average Bonchev–Trinajstić information content (AvgIpc) is 3.12. The van der Waals surface area contributed by atoms with Crippen LogP contribution in [-0.4, -0.2) is 50.6 Å². The van der Waals surface area contributed by atoms with Gasteiger partial charge in [-0.25, -0.2) is 26.3 Å². The molecule has 2 aliphatic rings. The number of nitrogens with two attached hydrogens (primary N) is 1. The van der Waals surface area contributed by atoms with Gasteiger partial charge in [-0.15, -0.1) is 0 Å². The van der Waals surface area contributed by atoms with Crippen LogP contribution in [0.4, 0.5) is 13.2 Å². The first-order valence-corrected chi connectivity index (χ1v) is 11.7. The van der Waals surface area contributed by atoms with Crippen molar-refractivity contribution in [2.24, 2.45) is 17.6 Å². The van der Waals surface area contributed by atoms with E-state index < -0.39 is 38.8 Å². The van der Waals surface area contributed by atoms with Gasteiger partial charge >= 0.3 is 0 Å². The number of nitrogens with zero attached hydrogens (tertiary/aromatic N) is 1. The van der Waals surface area contributed by atoms with Crippen molar-refractivity contribution in [1.29, 1.82) is 0 Å². The topological polar surface area (TPSA) is 92.5 Å². The van der Waals surface area contributed by atoms with Crippen LogP contribution in [0.2, 0.25) is 0 Å². The monoisotopic (exact) mass is 447 g/mol. The summed E-state index contributed by atoms with van der Waals surface area (Å²) in [6, 6.07) is 1.26. The van der Waals surface area contributed by atoms with Crippen LogP contribution in [0, 0.1) is 23.5 Å². The van der Waals surface area contributed by atoms with Gasteiger partial charge in [0.25, 0.3) is 0 Å². The molecule has 1 amide bonds. The van der Waals surface area contributed by atoms with E-state index in [4.69, 9.17) is 5.73 Å². The Bertz CT molecular complexity index is 875. The first-order chi connectivity index (χ1) is 14.1. The van der Waals surface area contributed by atoms with Crippen molar-refractivity contribution in [1.82, 2.24) is 9.62 Å². The summed E-state index contributed by atoms with van der Waals surface area (Å²) in [5.41, 5.74) is 6.16. The number of amides is 1. The molecule has 1 aromatic carbocycles. The Kier molecular flexibility index (Phi) is 7.09. The van der Waals surface area contributed by atoms with Gasteiger partial charge in [-0.2, -0.15) is 0 Å². The molecule has 0 spiro atoms. The third-order valence-corrected chi connectivity index (χ3v) is 7.87. The Morgan fingerprint density at radius 1 is 1.20 bits per heavy atom. The SMILES string of the molecule is C[C@@H](C1CCC(NS(=O)(=O)c2ccc(F)cc2F)CC1)[C@H](N)C(=O)N1CC[C@H](F)C1. The van der Waals surface area contributed by atoms with Crippen molar-refractivity contribution in [3.8, 4) is 0 Å². The number of nitrogens with one attached hydrogen (secondary N) is 1. The fraction of sp³-hybridized carbons (Fsp3) is 0.650. The van der Waals surface area contributed by atoms with E-state index in [9.17, 15) is 26.4 Å². The summed E-state index contributed by atoms with van der Waals surface area (Å²) < 4.78 is 67.6. The predicted octanol–water partition coefficient (Wildman–Crippen LogP) is 2.34. The molecule has 6 nitrogen and oxygen atoms in total. The Balaban J connectivity index is 1.54. The number of hydrogen-bond acceptors (Lipinski definition) is 4. The zero-order valence-electron chi connectivity index (χ0n) is 16.9. The van der Waals surface area contributed by atoms with Crippen molar-refractivity contribution in [2.45, 2.75) is 62.2 Å². The molecule has 3 N–H and O–H groups in total. The van der Waals surface area contributed by atoms with E-state index in [0.29, 0.717) is 44.7 Å². The molecule has 1 aliphatic heterocycles. The largest absolute Gasteiger partial charge is 0.338 e. The minimum Gasteiger partial charge on any atom is -0.338 e. The average molecular weight is 448 g/mol. The van der Waals surface area contributed by atoms with Gasteiger partial charge in [-0.3, -0.25) is 4.79 Å². The van der Waals surface area contributed by atoms with Crippen LogP contribution in [0.15, 0.2) is 23.1 Å². The number of benzene rings is 1. The third-order valence-electron chi connectivity index (χ3n) is 6.31. The van der Waals surface area contributed by atoms with Gasteiger partial charge in [-0.1, -0.05) is 6.92 Å². The molecule has 0 bridgehead atoms. The summed E-state index contributed by atoms with van der Waals surface area (Å²) in [5.74, 6) is -2.20. The van der Waals surface area contributed by atoms with Crippen LogP contribution in [0.25, 0.3) is 0 Å². The second kappa shape index (κ2) is 9.23. The second-order valence-electron chi connectivity index (χ2n) is 8.36. The van der Waals surface area contributed by atoms with Crippen LogP contribution >= 0.6 is 0 Å². The molecule has 0 aromatic heterocycles. The summed E-state index contributed by atoms with van der Waals surface area (Å²) in [4.78, 5) is 13.4. The summed E-state index contributed by atoms with van der Waals surface area (Å²) >= 11 is 0. The maximum Gasteiger partial charge on any atom is 0.243 e. The highest BCUT2D eigenvalue weighted by atomic mass is 32.2. The van der Waals surface area contributed by atoms with Crippen molar-refractivity contribution in [3.63, 3.8) is 0 Å². The number of halogens is 3. The number of alkyl halides is 1. The van der Waals surface area contributed by atoms with Crippen LogP contribution in [0.5, 0.6) is 0 Å². The Morgan fingerprint density at radius 2 is 1.87 bits per heavy atom. The summed E-state index contributed by atoms with van der Waals surface area (Å²) in [6.07, 6.45) is 1.71. The van der Waals surface area contributed by atoms with Gasteiger partial charge in [-0.05, 0) is 56.1 Å². The maximum atomic E-state index is 13.9. The molecule has 3 atom stereocenters. The lowest BCUT2D eigenvalue weighted by atomic mass is 9.76. The molecule has 1 saturated carbocycles. The molecule has 30 heavy (non-hydrogen) atoms. The minimum absolute atomic E-state index is 0.0910. The highest BCUT2D eigenvalue weighted by molar-refractivity contribution is 7.89. The van der Waals surface area contributed by atoms with E-state index in [-0.39, 0.29) is 30.3 Å². The predicted molar refractivity (Wildman–Crippen MR) is 106 cm³/mol. The lowest BCUT2D eigenvalue weighted by molar-refractivity contribution is -0.133. The molecular formula is C20H28F3N3O3S. The number of likely N-dealkylation sites (tertiary alicyclic amines) is 1. The maximum absolute atomic E-state index is 13.9. The zero-order chi connectivity index (χ0) is 22.1. The molecule has 1 saturated heterocycles. The van der Waals surface area contributed by atoms with Gasteiger partial charge in [0.05, 0.1) is 12.6 Å². The van der Waals surface area contributed by atoms with Gasteiger partial charge in [0.15, 0.2) is 0 Å². The molecular weight excluding hydrogens is 419 g/mol. The van der Waals surface area contributed by atoms with Gasteiger partial charge < -0.3 is 10.6 Å². The van der Waals surface area contributed by atoms with Gasteiger partial charge in [0, 0.05) is 18.7 Å². The Labute approximate surface area is 175 Å². The van der Waals surface area contributed by atoms with E-state index in [1.165, 1.54) is 4.90 Å². The van der Waals surface area contributed by atoms with Crippen molar-refractivity contribution < 1.29 is 26.4 Å². The minimum atomic E-state index is -4.10. The van der Waals surface area contributed by atoms with Crippen molar-refractivity contribution in [2.75, 3.05) is 13.1 Å². The molecule has 168 valence electrons. The fourth-order valence-corrected chi connectivity index (χ4v) is 5.75. The van der Waals surface area contributed by atoms with Gasteiger partial charge in [0.1, 0.15) is 22.7 Å². The van der Waals surface area contributed by atoms with Crippen LogP contribution in [0.3, 0.4) is 0 Å². The van der Waals surface area contributed by atoms with Crippen LogP contribution in [0.1, 0.15) is 39.0 Å². The highest BCUT2D eigenvalue weighted by Crippen LogP contribution is 2.33. The number of rotatable bonds is 6. The molecule has 1 aromatic rings. The number of sulfonamides is 1. The quantitative estimate of drug-likeness (QED) is 0.700. The van der Waals surface area contributed by atoms with Gasteiger partial charge in [0.2, 0.25) is 15.9 Å². The molecule has 3 rings (SSSR count). The lowest BCUT2D eigenvalue weighted by Gasteiger charge is -2.35. The number of carbonyl (C=O) groups excluding carboxylic acids is 1. The summed E-state index contributed by atoms with van der Waals surface area (Å²) in [5, 5.41) is 0. The molecule has 1 aliphatic carbocycles. The zero-order valence-corrected chi connectivity index (χ0v) is 17.7.